The van der Waals surface area contributed by atoms with Gasteiger partial charge in [-0.3, -0.25) is 4.79 Å². The maximum Gasteiger partial charge on any atom is 0.230 e. The first-order valence-corrected chi connectivity index (χ1v) is 11.6. The predicted octanol–water partition coefficient (Wildman–Crippen LogP) is 3.02. The van der Waals surface area contributed by atoms with Gasteiger partial charge in [-0.05, 0) is 23.1 Å². The molecule has 11 heteroatoms. The van der Waals surface area contributed by atoms with E-state index in [9.17, 15) is 13.2 Å². The number of thioether (sulfide) groups is 1. The minimum Gasteiger partial charge on any atom is -0.382 e. The SMILES string of the molecule is Nc1nc(SCC(=O)NCc2ccccc2Cl)ncc1S(=O)(=O)c1cccs1. The number of rotatable bonds is 7. The van der Waals surface area contributed by atoms with E-state index in [0.717, 1.165) is 28.7 Å². The van der Waals surface area contributed by atoms with Crippen LogP contribution >= 0.6 is 34.7 Å². The van der Waals surface area contributed by atoms with Crippen molar-refractivity contribution in [3.8, 4) is 0 Å². The van der Waals surface area contributed by atoms with Gasteiger partial charge in [0.2, 0.25) is 15.7 Å². The highest BCUT2D eigenvalue weighted by Crippen LogP contribution is 2.28. The predicted molar refractivity (Wildman–Crippen MR) is 110 cm³/mol. The molecule has 0 atom stereocenters. The molecule has 3 N–H and O–H groups in total. The Morgan fingerprint density at radius 2 is 2.04 bits per heavy atom. The van der Waals surface area contributed by atoms with Gasteiger partial charge >= 0.3 is 0 Å². The van der Waals surface area contributed by atoms with Gasteiger partial charge in [0.15, 0.2) is 5.16 Å². The summed E-state index contributed by atoms with van der Waals surface area (Å²) in [5, 5.41) is 5.21. The molecule has 7 nitrogen and oxygen atoms in total. The van der Waals surface area contributed by atoms with Crippen molar-refractivity contribution in [3.05, 3.63) is 58.6 Å². The standard InChI is InChI=1S/C17H15ClN4O3S3/c18-12-5-2-1-4-11(12)8-20-14(23)10-27-17-21-9-13(16(19)22-17)28(24,25)15-6-3-7-26-15/h1-7,9H,8,10H2,(H,20,23)(H2,19,21,22). The van der Waals surface area contributed by atoms with Crippen LogP contribution in [0.25, 0.3) is 0 Å². The Morgan fingerprint density at radius 1 is 1.25 bits per heavy atom. The first-order valence-electron chi connectivity index (χ1n) is 7.92. The quantitative estimate of drug-likeness (QED) is 0.416. The number of carbonyl (C=O) groups excluding carboxylic acids is 1. The zero-order valence-corrected chi connectivity index (χ0v) is 17.5. The minimum absolute atomic E-state index is 0.0565. The van der Waals surface area contributed by atoms with Gasteiger partial charge in [-0.2, -0.15) is 0 Å². The second-order valence-corrected chi connectivity index (χ2v) is 9.94. The maximum atomic E-state index is 12.5. The number of amides is 1. The summed E-state index contributed by atoms with van der Waals surface area (Å²) in [4.78, 5) is 19.9. The summed E-state index contributed by atoms with van der Waals surface area (Å²) in [5.74, 6) is -0.328. The van der Waals surface area contributed by atoms with Crippen LogP contribution < -0.4 is 11.1 Å². The zero-order valence-electron chi connectivity index (χ0n) is 14.3. The van der Waals surface area contributed by atoms with E-state index in [1.807, 2.05) is 18.2 Å². The molecule has 0 aliphatic heterocycles. The Labute approximate surface area is 175 Å². The van der Waals surface area contributed by atoms with Gasteiger partial charge in [0.1, 0.15) is 14.9 Å². The van der Waals surface area contributed by atoms with Crippen LogP contribution in [0.5, 0.6) is 0 Å². The number of hydrogen-bond acceptors (Lipinski definition) is 8. The number of carbonyl (C=O) groups is 1. The smallest absolute Gasteiger partial charge is 0.230 e. The fourth-order valence-corrected chi connectivity index (χ4v) is 5.42. The van der Waals surface area contributed by atoms with Crippen LogP contribution in [0, 0.1) is 0 Å². The van der Waals surface area contributed by atoms with E-state index < -0.39 is 9.84 Å². The summed E-state index contributed by atoms with van der Waals surface area (Å²) in [6.07, 6.45) is 1.17. The van der Waals surface area contributed by atoms with Crippen LogP contribution in [0.1, 0.15) is 5.56 Å². The van der Waals surface area contributed by atoms with Gasteiger partial charge in [-0.1, -0.05) is 47.6 Å². The molecule has 0 radical (unpaired) electrons. The highest BCUT2D eigenvalue weighted by atomic mass is 35.5. The van der Waals surface area contributed by atoms with Crippen LogP contribution in [0.15, 0.2) is 62.2 Å². The number of benzene rings is 1. The van der Waals surface area contributed by atoms with E-state index in [2.05, 4.69) is 15.3 Å². The molecule has 0 fully saturated rings. The summed E-state index contributed by atoms with van der Waals surface area (Å²) >= 11 is 8.20. The van der Waals surface area contributed by atoms with Crippen molar-refractivity contribution < 1.29 is 13.2 Å². The molecule has 0 aliphatic carbocycles. The third-order valence-corrected chi connectivity index (χ3v) is 7.97. The summed E-state index contributed by atoms with van der Waals surface area (Å²) < 4.78 is 25.2. The molecule has 0 saturated heterocycles. The normalized spacial score (nSPS) is 11.3. The summed E-state index contributed by atoms with van der Waals surface area (Å²) in [5.41, 5.74) is 6.63. The Bertz CT molecular complexity index is 1090. The number of halogens is 1. The van der Waals surface area contributed by atoms with Crippen molar-refractivity contribution in [2.24, 2.45) is 0 Å². The van der Waals surface area contributed by atoms with Crippen LogP contribution in [0.2, 0.25) is 5.02 Å². The van der Waals surface area contributed by atoms with Crippen molar-refractivity contribution >= 4 is 56.3 Å². The van der Waals surface area contributed by atoms with E-state index in [-0.39, 0.29) is 31.7 Å². The number of aromatic nitrogens is 2. The van der Waals surface area contributed by atoms with E-state index >= 15 is 0 Å². The molecule has 0 spiro atoms. The Kier molecular flexibility index (Phi) is 6.55. The van der Waals surface area contributed by atoms with Crippen molar-refractivity contribution in [1.29, 1.82) is 0 Å². The lowest BCUT2D eigenvalue weighted by Gasteiger charge is -2.08. The lowest BCUT2D eigenvalue weighted by Crippen LogP contribution is -2.24. The van der Waals surface area contributed by atoms with Gasteiger partial charge in [0.05, 0.1) is 11.9 Å². The van der Waals surface area contributed by atoms with E-state index in [1.54, 1.807) is 17.5 Å². The van der Waals surface area contributed by atoms with Crippen molar-refractivity contribution in [3.63, 3.8) is 0 Å². The molecule has 1 aromatic carbocycles. The second kappa shape index (κ2) is 8.91. The molecule has 28 heavy (non-hydrogen) atoms. The Morgan fingerprint density at radius 3 is 2.71 bits per heavy atom. The maximum absolute atomic E-state index is 12.5. The van der Waals surface area contributed by atoms with E-state index in [4.69, 9.17) is 17.3 Å². The van der Waals surface area contributed by atoms with Crippen molar-refractivity contribution in [2.45, 2.75) is 20.8 Å². The highest BCUT2D eigenvalue weighted by molar-refractivity contribution is 7.99. The fraction of sp³-hybridized carbons (Fsp3) is 0.118. The first kappa shape index (κ1) is 20.6. The summed E-state index contributed by atoms with van der Waals surface area (Å²) in [7, 11) is -3.75. The molecular weight excluding hydrogens is 440 g/mol. The van der Waals surface area contributed by atoms with Gasteiger partial charge in [0.25, 0.3) is 0 Å². The molecule has 3 aromatic rings. The third-order valence-electron chi connectivity index (χ3n) is 3.58. The number of nitrogens with two attached hydrogens (primary N) is 1. The van der Waals surface area contributed by atoms with E-state index in [1.165, 1.54) is 12.3 Å². The summed E-state index contributed by atoms with van der Waals surface area (Å²) in [6, 6.07) is 10.4. The minimum atomic E-state index is -3.75. The molecule has 0 saturated carbocycles. The largest absolute Gasteiger partial charge is 0.382 e. The third kappa shape index (κ3) is 4.82. The van der Waals surface area contributed by atoms with Crippen molar-refractivity contribution in [2.75, 3.05) is 11.5 Å². The van der Waals surface area contributed by atoms with Crippen molar-refractivity contribution in [1.82, 2.24) is 15.3 Å². The van der Waals surface area contributed by atoms with Crippen LogP contribution in [0.4, 0.5) is 5.82 Å². The van der Waals surface area contributed by atoms with Gasteiger partial charge in [-0.15, -0.1) is 11.3 Å². The topological polar surface area (TPSA) is 115 Å². The van der Waals surface area contributed by atoms with Gasteiger partial charge in [-0.25, -0.2) is 18.4 Å². The van der Waals surface area contributed by atoms with Crippen LogP contribution in [-0.4, -0.2) is 30.0 Å². The zero-order chi connectivity index (χ0) is 20.1. The number of nitrogens with one attached hydrogen (secondary N) is 1. The highest BCUT2D eigenvalue weighted by Gasteiger charge is 2.23. The van der Waals surface area contributed by atoms with Gasteiger partial charge in [0, 0.05) is 11.6 Å². The average Bonchev–Trinajstić information content (AvgIpc) is 3.21. The lowest BCUT2D eigenvalue weighted by atomic mass is 10.2. The van der Waals surface area contributed by atoms with Gasteiger partial charge < -0.3 is 11.1 Å². The monoisotopic (exact) mass is 454 g/mol. The molecule has 0 aliphatic rings. The number of sulfone groups is 1. The van der Waals surface area contributed by atoms with Crippen LogP contribution in [-0.2, 0) is 21.2 Å². The molecule has 3 rings (SSSR count). The number of nitrogens with zero attached hydrogens (tertiary/aromatic N) is 2. The molecule has 146 valence electrons. The number of anilines is 1. The number of thiophene rings is 1. The molecule has 2 aromatic heterocycles. The van der Waals surface area contributed by atoms with Crippen LogP contribution in [0.3, 0.4) is 0 Å². The summed E-state index contributed by atoms with van der Waals surface area (Å²) in [6.45, 7) is 0.306. The first-order chi connectivity index (χ1) is 13.4. The number of hydrogen-bond donors (Lipinski definition) is 2. The second-order valence-electron chi connectivity index (χ2n) is 5.49. The molecular formula is C17H15ClN4O3S3. The lowest BCUT2D eigenvalue weighted by molar-refractivity contribution is -0.118. The molecule has 1 amide bonds. The molecule has 0 unspecified atom stereocenters. The van der Waals surface area contributed by atoms with E-state index in [0.29, 0.717) is 11.6 Å². The number of nitrogen functional groups attached to an aromatic ring is 1. The Balaban J connectivity index is 1.60. The molecule has 2 heterocycles. The Hall–Kier alpha value is -2.14. The average molecular weight is 455 g/mol. The fourth-order valence-electron chi connectivity index (χ4n) is 2.19. The molecule has 0 bridgehead atoms.